The van der Waals surface area contributed by atoms with Crippen molar-refractivity contribution in [2.45, 2.75) is 25.8 Å². The van der Waals surface area contributed by atoms with Crippen LogP contribution in [0, 0.1) is 11.7 Å². The molecule has 1 heterocycles. The molecule has 1 fully saturated rings. The molecule has 3 nitrogen and oxygen atoms in total. The average Bonchev–Trinajstić information content (AvgIpc) is 2.94. The maximum absolute atomic E-state index is 13.2. The highest BCUT2D eigenvalue weighted by molar-refractivity contribution is 6.28. The van der Waals surface area contributed by atoms with Crippen molar-refractivity contribution in [2.24, 2.45) is 5.92 Å². The van der Waals surface area contributed by atoms with Crippen molar-refractivity contribution in [1.82, 2.24) is 9.97 Å². The number of halogens is 2. The molecule has 1 N–H and O–H groups in total. The summed E-state index contributed by atoms with van der Waals surface area (Å²) in [4.78, 5) is 7.34. The molecule has 1 aromatic rings. The number of nitrogens with zero attached hydrogens (tertiary/aromatic N) is 2. The fourth-order valence-electron chi connectivity index (χ4n) is 1.38. The average molecular weight is 216 g/mol. The second-order valence-electron chi connectivity index (χ2n) is 3.61. The van der Waals surface area contributed by atoms with Crippen molar-refractivity contribution >= 4 is 17.4 Å². The van der Waals surface area contributed by atoms with Crippen LogP contribution in [-0.4, -0.2) is 16.0 Å². The molecule has 1 saturated carbocycles. The van der Waals surface area contributed by atoms with Crippen LogP contribution in [0.5, 0.6) is 0 Å². The Bertz CT molecular complexity index is 341. The van der Waals surface area contributed by atoms with Crippen LogP contribution in [0.2, 0.25) is 5.28 Å². The quantitative estimate of drug-likeness (QED) is 0.788. The van der Waals surface area contributed by atoms with E-state index in [1.54, 1.807) is 0 Å². The van der Waals surface area contributed by atoms with Crippen LogP contribution in [0.1, 0.15) is 19.8 Å². The van der Waals surface area contributed by atoms with Crippen LogP contribution < -0.4 is 5.32 Å². The predicted molar refractivity (Wildman–Crippen MR) is 52.8 cm³/mol. The van der Waals surface area contributed by atoms with Crippen molar-refractivity contribution < 1.29 is 4.39 Å². The summed E-state index contributed by atoms with van der Waals surface area (Å²) in [6, 6.07) is 0.246. The Morgan fingerprint density at radius 2 is 2.36 bits per heavy atom. The summed E-state index contributed by atoms with van der Waals surface area (Å²) >= 11 is 5.57. The standard InChI is InChI=1S/C9H11ClFN3/c1-5(6-2-3-6)13-8-7(11)4-12-9(10)14-8/h4-6H,2-3H2,1H3,(H,12,13,14). The smallest absolute Gasteiger partial charge is 0.224 e. The molecule has 14 heavy (non-hydrogen) atoms. The lowest BCUT2D eigenvalue weighted by molar-refractivity contribution is 0.605. The van der Waals surface area contributed by atoms with E-state index >= 15 is 0 Å². The second-order valence-corrected chi connectivity index (χ2v) is 3.94. The van der Waals surface area contributed by atoms with Gasteiger partial charge in [-0.1, -0.05) is 0 Å². The molecule has 2 rings (SSSR count). The van der Waals surface area contributed by atoms with Gasteiger partial charge in [0.1, 0.15) is 0 Å². The van der Waals surface area contributed by atoms with Crippen molar-refractivity contribution in [3.05, 3.63) is 17.3 Å². The van der Waals surface area contributed by atoms with E-state index in [1.165, 1.54) is 12.8 Å². The van der Waals surface area contributed by atoms with Crippen LogP contribution in [0.4, 0.5) is 10.2 Å². The monoisotopic (exact) mass is 215 g/mol. The predicted octanol–water partition coefficient (Wildman–Crippen LogP) is 2.48. The first-order chi connectivity index (χ1) is 6.66. The number of rotatable bonds is 3. The van der Waals surface area contributed by atoms with Gasteiger partial charge in [-0.3, -0.25) is 0 Å². The van der Waals surface area contributed by atoms with E-state index < -0.39 is 5.82 Å². The third-order valence-electron chi connectivity index (χ3n) is 2.41. The summed E-state index contributed by atoms with van der Waals surface area (Å²) in [6.07, 6.45) is 3.49. The zero-order valence-electron chi connectivity index (χ0n) is 7.80. The molecule has 0 amide bonds. The summed E-state index contributed by atoms with van der Waals surface area (Å²) in [7, 11) is 0. The molecule has 1 unspecified atom stereocenters. The van der Waals surface area contributed by atoms with Crippen LogP contribution in [0.25, 0.3) is 0 Å². The third-order valence-corrected chi connectivity index (χ3v) is 2.59. The topological polar surface area (TPSA) is 37.8 Å². The number of aromatic nitrogens is 2. The van der Waals surface area contributed by atoms with E-state index in [2.05, 4.69) is 15.3 Å². The summed E-state index contributed by atoms with van der Waals surface area (Å²) in [5.41, 5.74) is 0. The van der Waals surface area contributed by atoms with Gasteiger partial charge in [0.25, 0.3) is 0 Å². The molecule has 1 aromatic heterocycles. The number of anilines is 1. The van der Waals surface area contributed by atoms with Crippen LogP contribution in [0.3, 0.4) is 0 Å². The molecule has 1 aliphatic carbocycles. The molecule has 0 aromatic carbocycles. The number of nitrogens with one attached hydrogen (secondary N) is 1. The minimum atomic E-state index is -0.457. The fourth-order valence-corrected chi connectivity index (χ4v) is 1.51. The first-order valence-corrected chi connectivity index (χ1v) is 4.99. The lowest BCUT2D eigenvalue weighted by Crippen LogP contribution is -2.19. The lowest BCUT2D eigenvalue weighted by Gasteiger charge is -2.13. The van der Waals surface area contributed by atoms with Crippen molar-refractivity contribution in [3.8, 4) is 0 Å². The lowest BCUT2D eigenvalue weighted by atomic mass is 10.2. The SMILES string of the molecule is CC(Nc1nc(Cl)ncc1F)C1CC1. The first-order valence-electron chi connectivity index (χ1n) is 4.61. The first kappa shape index (κ1) is 9.65. The van der Waals surface area contributed by atoms with E-state index in [9.17, 15) is 4.39 Å². The van der Waals surface area contributed by atoms with Crippen molar-refractivity contribution in [3.63, 3.8) is 0 Å². The fraction of sp³-hybridized carbons (Fsp3) is 0.556. The molecule has 1 atom stereocenters. The maximum atomic E-state index is 13.2. The molecule has 0 radical (unpaired) electrons. The molecular weight excluding hydrogens is 205 g/mol. The Hall–Kier alpha value is -0.900. The van der Waals surface area contributed by atoms with Gasteiger partial charge in [-0.2, -0.15) is 4.98 Å². The van der Waals surface area contributed by atoms with Crippen LogP contribution in [-0.2, 0) is 0 Å². The zero-order chi connectivity index (χ0) is 10.1. The van der Waals surface area contributed by atoms with Gasteiger partial charge in [0.15, 0.2) is 11.6 Å². The van der Waals surface area contributed by atoms with Gasteiger partial charge < -0.3 is 5.32 Å². The largest absolute Gasteiger partial charge is 0.365 e. The van der Waals surface area contributed by atoms with Gasteiger partial charge in [-0.15, -0.1) is 0 Å². The van der Waals surface area contributed by atoms with Crippen LogP contribution >= 0.6 is 11.6 Å². The Labute approximate surface area is 86.7 Å². The Kier molecular flexibility index (Phi) is 2.54. The highest BCUT2D eigenvalue weighted by Crippen LogP contribution is 2.33. The molecular formula is C9H11ClFN3. The Morgan fingerprint density at radius 3 is 3.00 bits per heavy atom. The van der Waals surface area contributed by atoms with E-state index in [0.717, 1.165) is 6.20 Å². The van der Waals surface area contributed by atoms with E-state index in [1.807, 2.05) is 6.92 Å². The van der Waals surface area contributed by atoms with Gasteiger partial charge in [0.05, 0.1) is 6.20 Å². The molecule has 5 heteroatoms. The van der Waals surface area contributed by atoms with Crippen LogP contribution in [0.15, 0.2) is 6.20 Å². The molecule has 0 spiro atoms. The third kappa shape index (κ3) is 2.12. The molecule has 76 valence electrons. The zero-order valence-corrected chi connectivity index (χ0v) is 8.55. The summed E-state index contributed by atoms with van der Waals surface area (Å²) in [5, 5.41) is 3.07. The second kappa shape index (κ2) is 3.69. The van der Waals surface area contributed by atoms with E-state index in [4.69, 9.17) is 11.6 Å². The summed E-state index contributed by atoms with van der Waals surface area (Å²) in [5.74, 6) is 0.384. The minimum absolute atomic E-state index is 0.0666. The summed E-state index contributed by atoms with van der Waals surface area (Å²) in [6.45, 7) is 2.02. The Balaban J connectivity index is 2.10. The van der Waals surface area contributed by atoms with E-state index in [0.29, 0.717) is 5.92 Å². The molecule has 1 aliphatic rings. The highest BCUT2D eigenvalue weighted by atomic mass is 35.5. The minimum Gasteiger partial charge on any atom is -0.365 e. The molecule has 0 bridgehead atoms. The van der Waals surface area contributed by atoms with Crippen molar-refractivity contribution in [2.75, 3.05) is 5.32 Å². The van der Waals surface area contributed by atoms with Gasteiger partial charge in [0.2, 0.25) is 5.28 Å². The molecule has 0 aliphatic heterocycles. The van der Waals surface area contributed by atoms with Gasteiger partial charge in [0, 0.05) is 6.04 Å². The summed E-state index contributed by atoms with van der Waals surface area (Å²) < 4.78 is 13.2. The Morgan fingerprint density at radius 1 is 1.64 bits per heavy atom. The maximum Gasteiger partial charge on any atom is 0.224 e. The van der Waals surface area contributed by atoms with E-state index in [-0.39, 0.29) is 17.1 Å². The molecule has 0 saturated heterocycles. The van der Waals surface area contributed by atoms with Gasteiger partial charge in [-0.05, 0) is 37.3 Å². The van der Waals surface area contributed by atoms with Gasteiger partial charge >= 0.3 is 0 Å². The normalized spacial score (nSPS) is 17.9. The van der Waals surface area contributed by atoms with Gasteiger partial charge in [-0.25, -0.2) is 9.37 Å². The highest BCUT2D eigenvalue weighted by Gasteiger charge is 2.28. The van der Waals surface area contributed by atoms with Crippen molar-refractivity contribution in [1.29, 1.82) is 0 Å². The number of hydrogen-bond donors (Lipinski definition) is 1. The number of hydrogen-bond acceptors (Lipinski definition) is 3.